The fourth-order valence-corrected chi connectivity index (χ4v) is 3.73. The number of para-hydroxylation sites is 4. The number of aromatic nitrogens is 2. The van der Waals surface area contributed by atoms with Gasteiger partial charge in [0.15, 0.2) is 11.5 Å². The van der Waals surface area contributed by atoms with Gasteiger partial charge >= 0.3 is 0 Å². The Bertz CT molecular complexity index is 1220. The number of carbonyl (C=O) groups excluding carboxylic acids is 1. The summed E-state index contributed by atoms with van der Waals surface area (Å²) >= 11 is 0. The number of nitrogens with zero attached hydrogens (tertiary/aromatic N) is 2. The molecule has 0 radical (unpaired) electrons. The van der Waals surface area contributed by atoms with Crippen molar-refractivity contribution in [3.05, 3.63) is 89.7 Å². The van der Waals surface area contributed by atoms with E-state index in [0.29, 0.717) is 18.7 Å². The molecule has 0 atom stereocenters. The molecule has 164 valence electrons. The number of rotatable bonds is 9. The molecule has 0 fully saturated rings. The Morgan fingerprint density at radius 3 is 2.50 bits per heavy atom. The second kappa shape index (κ2) is 10.0. The molecule has 0 unspecified atom stereocenters. The van der Waals surface area contributed by atoms with Crippen molar-refractivity contribution in [2.24, 2.45) is 0 Å². The van der Waals surface area contributed by atoms with Gasteiger partial charge in [0.1, 0.15) is 5.82 Å². The summed E-state index contributed by atoms with van der Waals surface area (Å²) in [6, 6.07) is 23.2. The molecule has 1 N–H and O–H groups in total. The molecule has 6 heteroatoms. The first kappa shape index (κ1) is 21.4. The molecule has 0 aliphatic carbocycles. The summed E-state index contributed by atoms with van der Waals surface area (Å²) in [4.78, 5) is 17.4. The monoisotopic (exact) mass is 429 g/mol. The molecule has 6 nitrogen and oxygen atoms in total. The van der Waals surface area contributed by atoms with Crippen LogP contribution >= 0.6 is 0 Å². The minimum Gasteiger partial charge on any atom is -0.493 e. The highest BCUT2D eigenvalue weighted by atomic mass is 16.5. The number of hydrogen-bond donors (Lipinski definition) is 1. The van der Waals surface area contributed by atoms with E-state index in [2.05, 4.69) is 16.0 Å². The van der Waals surface area contributed by atoms with Gasteiger partial charge in [0.05, 0.1) is 31.3 Å². The van der Waals surface area contributed by atoms with Crippen molar-refractivity contribution in [1.29, 1.82) is 0 Å². The Hall–Kier alpha value is -3.80. The molecule has 1 amide bonds. The van der Waals surface area contributed by atoms with Crippen molar-refractivity contribution in [2.45, 2.75) is 26.4 Å². The number of hydrogen-bond acceptors (Lipinski definition) is 4. The SMILES string of the molecule is COc1ccccc1OCCCn1c(CNC(=O)c2ccccc2C)nc2ccccc21. The van der Waals surface area contributed by atoms with Crippen LogP contribution < -0.4 is 14.8 Å². The number of carbonyl (C=O) groups is 1. The number of ether oxygens (including phenoxy) is 2. The fraction of sp³-hybridized carbons (Fsp3) is 0.231. The van der Waals surface area contributed by atoms with Gasteiger partial charge in [-0.2, -0.15) is 0 Å². The molecule has 0 saturated heterocycles. The van der Waals surface area contributed by atoms with Crippen LogP contribution in [0.2, 0.25) is 0 Å². The van der Waals surface area contributed by atoms with E-state index in [0.717, 1.165) is 46.9 Å². The second-order valence-electron chi connectivity index (χ2n) is 7.52. The average molecular weight is 430 g/mol. The van der Waals surface area contributed by atoms with E-state index in [1.54, 1.807) is 7.11 Å². The lowest BCUT2D eigenvalue weighted by molar-refractivity contribution is 0.0949. The number of imidazole rings is 1. The second-order valence-corrected chi connectivity index (χ2v) is 7.52. The zero-order chi connectivity index (χ0) is 22.3. The van der Waals surface area contributed by atoms with Gasteiger partial charge in [0.2, 0.25) is 0 Å². The van der Waals surface area contributed by atoms with Crippen molar-refractivity contribution in [3.63, 3.8) is 0 Å². The van der Waals surface area contributed by atoms with Gasteiger partial charge in [-0.3, -0.25) is 4.79 Å². The first-order chi connectivity index (χ1) is 15.7. The van der Waals surface area contributed by atoms with Crippen LogP contribution in [0.3, 0.4) is 0 Å². The van der Waals surface area contributed by atoms with Gasteiger partial charge in [-0.25, -0.2) is 4.98 Å². The molecule has 3 aromatic carbocycles. The van der Waals surface area contributed by atoms with Gasteiger partial charge in [-0.1, -0.05) is 42.5 Å². The first-order valence-electron chi connectivity index (χ1n) is 10.7. The average Bonchev–Trinajstić information content (AvgIpc) is 3.18. The lowest BCUT2D eigenvalue weighted by Crippen LogP contribution is -2.25. The van der Waals surface area contributed by atoms with Crippen LogP contribution in [-0.4, -0.2) is 29.2 Å². The van der Waals surface area contributed by atoms with Crippen molar-refractivity contribution < 1.29 is 14.3 Å². The number of fused-ring (bicyclic) bond motifs is 1. The minimum absolute atomic E-state index is 0.0961. The normalized spacial score (nSPS) is 10.8. The number of amides is 1. The maximum atomic E-state index is 12.7. The number of aryl methyl sites for hydroxylation is 2. The molecule has 4 aromatic rings. The van der Waals surface area contributed by atoms with Crippen LogP contribution in [-0.2, 0) is 13.1 Å². The summed E-state index contributed by atoms with van der Waals surface area (Å²) in [5.41, 5.74) is 3.59. The Labute approximate surface area is 187 Å². The van der Waals surface area contributed by atoms with E-state index in [4.69, 9.17) is 14.5 Å². The molecule has 32 heavy (non-hydrogen) atoms. The summed E-state index contributed by atoms with van der Waals surface area (Å²) in [6.45, 7) is 3.56. The predicted molar refractivity (Wildman–Crippen MR) is 125 cm³/mol. The summed E-state index contributed by atoms with van der Waals surface area (Å²) in [7, 11) is 1.64. The maximum absolute atomic E-state index is 12.7. The lowest BCUT2D eigenvalue weighted by Gasteiger charge is -2.13. The molecular weight excluding hydrogens is 402 g/mol. The third kappa shape index (κ3) is 4.75. The van der Waals surface area contributed by atoms with Gasteiger partial charge in [0.25, 0.3) is 5.91 Å². The molecule has 1 heterocycles. The summed E-state index contributed by atoms with van der Waals surface area (Å²) in [5, 5.41) is 3.02. The van der Waals surface area contributed by atoms with Crippen LogP contribution in [0.4, 0.5) is 0 Å². The molecule has 0 aliphatic heterocycles. The van der Waals surface area contributed by atoms with E-state index in [-0.39, 0.29) is 5.91 Å². The Balaban J connectivity index is 1.44. The molecule has 0 spiro atoms. The van der Waals surface area contributed by atoms with Crippen LogP contribution in [0.15, 0.2) is 72.8 Å². The Morgan fingerprint density at radius 1 is 0.969 bits per heavy atom. The highest BCUT2D eigenvalue weighted by Gasteiger charge is 2.13. The van der Waals surface area contributed by atoms with E-state index in [9.17, 15) is 4.79 Å². The van der Waals surface area contributed by atoms with Crippen LogP contribution in [0.1, 0.15) is 28.2 Å². The van der Waals surface area contributed by atoms with Gasteiger partial charge in [0, 0.05) is 12.1 Å². The quantitative estimate of drug-likeness (QED) is 0.390. The topological polar surface area (TPSA) is 65.4 Å². The fourth-order valence-electron chi connectivity index (χ4n) is 3.73. The standard InChI is InChI=1S/C26H27N3O3/c1-19-10-3-4-11-20(19)26(30)27-18-25-28-21-12-5-6-13-22(21)29(25)16-9-17-32-24-15-8-7-14-23(24)31-2/h3-8,10-15H,9,16-18H2,1-2H3,(H,27,30). The number of nitrogens with one attached hydrogen (secondary N) is 1. The zero-order valence-corrected chi connectivity index (χ0v) is 18.4. The smallest absolute Gasteiger partial charge is 0.251 e. The number of benzene rings is 3. The van der Waals surface area contributed by atoms with E-state index in [1.807, 2.05) is 73.7 Å². The molecular formula is C26H27N3O3. The largest absolute Gasteiger partial charge is 0.493 e. The highest BCUT2D eigenvalue weighted by molar-refractivity contribution is 5.95. The molecule has 0 aliphatic rings. The van der Waals surface area contributed by atoms with Crippen molar-refractivity contribution in [1.82, 2.24) is 14.9 Å². The van der Waals surface area contributed by atoms with E-state index in [1.165, 1.54) is 0 Å². The third-order valence-corrected chi connectivity index (χ3v) is 5.38. The van der Waals surface area contributed by atoms with Gasteiger partial charge < -0.3 is 19.4 Å². The van der Waals surface area contributed by atoms with Gasteiger partial charge in [-0.15, -0.1) is 0 Å². The molecule has 4 rings (SSSR count). The van der Waals surface area contributed by atoms with Crippen molar-refractivity contribution in [3.8, 4) is 11.5 Å². The Kier molecular flexibility index (Phi) is 6.70. The zero-order valence-electron chi connectivity index (χ0n) is 18.4. The predicted octanol–water partition coefficient (Wildman–Crippen LogP) is 4.75. The van der Waals surface area contributed by atoms with Crippen molar-refractivity contribution >= 4 is 16.9 Å². The minimum atomic E-state index is -0.0961. The first-order valence-corrected chi connectivity index (χ1v) is 10.7. The van der Waals surface area contributed by atoms with Crippen LogP contribution in [0, 0.1) is 6.92 Å². The molecule has 0 bridgehead atoms. The van der Waals surface area contributed by atoms with E-state index >= 15 is 0 Å². The van der Waals surface area contributed by atoms with Crippen LogP contribution in [0.25, 0.3) is 11.0 Å². The lowest BCUT2D eigenvalue weighted by atomic mass is 10.1. The Morgan fingerprint density at radius 2 is 1.69 bits per heavy atom. The number of methoxy groups -OCH3 is 1. The summed E-state index contributed by atoms with van der Waals surface area (Å²) < 4.78 is 13.4. The van der Waals surface area contributed by atoms with Crippen LogP contribution in [0.5, 0.6) is 11.5 Å². The van der Waals surface area contributed by atoms with Crippen molar-refractivity contribution in [2.75, 3.05) is 13.7 Å². The third-order valence-electron chi connectivity index (χ3n) is 5.38. The highest BCUT2D eigenvalue weighted by Crippen LogP contribution is 2.26. The molecule has 1 aromatic heterocycles. The summed E-state index contributed by atoms with van der Waals surface area (Å²) in [6.07, 6.45) is 0.789. The maximum Gasteiger partial charge on any atom is 0.251 e. The summed E-state index contributed by atoms with van der Waals surface area (Å²) in [5.74, 6) is 2.18. The van der Waals surface area contributed by atoms with E-state index < -0.39 is 0 Å². The molecule has 0 saturated carbocycles. The van der Waals surface area contributed by atoms with Gasteiger partial charge in [-0.05, 0) is 49.2 Å².